The number of nitrogen functional groups attached to an aromatic ring is 1. The fourth-order valence-corrected chi connectivity index (χ4v) is 5.17. The maximum absolute atomic E-state index is 13.0. The van der Waals surface area contributed by atoms with Gasteiger partial charge in [0.2, 0.25) is 0 Å². The van der Waals surface area contributed by atoms with Crippen LogP contribution in [0, 0.1) is 5.41 Å². The lowest BCUT2D eigenvalue weighted by molar-refractivity contribution is -0.148. The van der Waals surface area contributed by atoms with Crippen LogP contribution in [-0.4, -0.2) is 74.0 Å². The first kappa shape index (κ1) is 26.0. The van der Waals surface area contributed by atoms with Gasteiger partial charge in [0.25, 0.3) is 0 Å². The quantitative estimate of drug-likeness (QED) is 0.357. The Morgan fingerprint density at radius 1 is 0.972 bits per heavy atom. The zero-order valence-electron chi connectivity index (χ0n) is 20.3. The van der Waals surface area contributed by atoms with Crippen LogP contribution >= 0.6 is 0 Å². The number of anilines is 1. The molecule has 0 bridgehead atoms. The molecule has 0 amide bonds. The number of halogens is 3. The first-order chi connectivity index (χ1) is 17.2. The van der Waals surface area contributed by atoms with Crippen molar-refractivity contribution in [2.45, 2.75) is 31.1 Å². The molecule has 0 aliphatic carbocycles. The molecule has 1 atom stereocenters. The van der Waals surface area contributed by atoms with Crippen LogP contribution in [0.3, 0.4) is 0 Å². The molecule has 2 fully saturated rings. The summed E-state index contributed by atoms with van der Waals surface area (Å²) in [7, 11) is 1.30. The zero-order chi connectivity index (χ0) is 25.9. The van der Waals surface area contributed by atoms with Crippen molar-refractivity contribution in [2.75, 3.05) is 51.3 Å². The van der Waals surface area contributed by atoms with Crippen LogP contribution in [0.25, 0.3) is 0 Å². The van der Waals surface area contributed by atoms with Gasteiger partial charge >= 0.3 is 12.1 Å². The number of ether oxygens (including phenoxy) is 1. The number of likely N-dealkylation sites (tertiary alicyclic amines) is 1. The highest BCUT2D eigenvalue weighted by atomic mass is 19.4. The Morgan fingerprint density at radius 3 is 2.06 bits per heavy atom. The average Bonchev–Trinajstić information content (AvgIpc) is 2.89. The van der Waals surface area contributed by atoms with Gasteiger partial charge < -0.3 is 15.4 Å². The molecule has 0 spiro atoms. The van der Waals surface area contributed by atoms with Gasteiger partial charge in [0, 0.05) is 56.6 Å². The Kier molecular flexibility index (Phi) is 7.85. The monoisotopic (exact) mass is 503 g/mol. The molecule has 0 aromatic heterocycles. The van der Waals surface area contributed by atoms with Gasteiger partial charge in [-0.2, -0.15) is 13.2 Å². The number of rotatable bonds is 6. The number of alkyl halides is 3. The van der Waals surface area contributed by atoms with Gasteiger partial charge in [-0.15, -0.1) is 0 Å². The third-order valence-corrected chi connectivity index (χ3v) is 7.22. The van der Waals surface area contributed by atoms with E-state index in [0.29, 0.717) is 30.3 Å². The minimum absolute atomic E-state index is 0.0606. The minimum Gasteiger partial charge on any atom is -0.468 e. The summed E-state index contributed by atoms with van der Waals surface area (Å²) in [5.41, 5.74) is 7.15. The molecule has 2 heterocycles. The number of nitrogens with two attached hydrogens (primary N) is 1. The van der Waals surface area contributed by atoms with Crippen LogP contribution in [0.4, 0.5) is 18.9 Å². The van der Waals surface area contributed by atoms with Crippen molar-refractivity contribution in [1.82, 2.24) is 9.80 Å². The van der Waals surface area contributed by atoms with Crippen molar-refractivity contribution < 1.29 is 22.7 Å². The largest absolute Gasteiger partial charge is 0.468 e. The van der Waals surface area contributed by atoms with Crippen LogP contribution in [0.2, 0.25) is 0 Å². The molecule has 1 unspecified atom stereocenters. The van der Waals surface area contributed by atoms with Crippen molar-refractivity contribution in [1.29, 1.82) is 5.41 Å². The predicted molar refractivity (Wildman–Crippen MR) is 132 cm³/mol. The predicted octanol–water partition coefficient (Wildman–Crippen LogP) is 3.49. The van der Waals surface area contributed by atoms with Crippen LogP contribution < -0.4 is 10.6 Å². The van der Waals surface area contributed by atoms with Crippen molar-refractivity contribution in [2.24, 2.45) is 5.73 Å². The number of piperazine rings is 1. The molecular formula is C26H32F3N5O2. The van der Waals surface area contributed by atoms with Crippen molar-refractivity contribution >= 4 is 17.5 Å². The van der Waals surface area contributed by atoms with Crippen LogP contribution in [0.5, 0.6) is 0 Å². The molecule has 0 radical (unpaired) electrons. The van der Waals surface area contributed by atoms with Crippen LogP contribution in [0.15, 0.2) is 48.5 Å². The molecule has 2 aromatic carbocycles. The number of hydrogen-bond acceptors (Lipinski definition) is 6. The summed E-state index contributed by atoms with van der Waals surface area (Å²) in [6, 6.07) is 12.2. The van der Waals surface area contributed by atoms with Crippen molar-refractivity contribution in [3.05, 3.63) is 65.2 Å². The highest BCUT2D eigenvalue weighted by Crippen LogP contribution is 2.32. The SMILES string of the molecule is COC(=O)C(c1ccc(C(F)(F)F)cc1)N1CCC(N2CCN(c3ccc(C(=N)N)cc3)CC2)CC1. The van der Waals surface area contributed by atoms with E-state index in [1.807, 2.05) is 29.2 Å². The summed E-state index contributed by atoms with van der Waals surface area (Å²) in [5.74, 6) is -0.400. The molecule has 4 rings (SSSR count). The highest BCUT2D eigenvalue weighted by molar-refractivity contribution is 5.95. The molecule has 0 saturated carbocycles. The van der Waals surface area contributed by atoms with E-state index in [-0.39, 0.29) is 5.84 Å². The maximum atomic E-state index is 13.0. The van der Waals surface area contributed by atoms with Gasteiger partial charge in [-0.25, -0.2) is 4.79 Å². The molecule has 194 valence electrons. The fourth-order valence-electron chi connectivity index (χ4n) is 5.17. The minimum atomic E-state index is -4.42. The van der Waals surface area contributed by atoms with E-state index >= 15 is 0 Å². The number of piperidine rings is 1. The summed E-state index contributed by atoms with van der Waals surface area (Å²) in [4.78, 5) is 19.4. The molecular weight excluding hydrogens is 471 g/mol. The Morgan fingerprint density at radius 2 is 1.56 bits per heavy atom. The third kappa shape index (κ3) is 5.82. The number of carbonyl (C=O) groups excluding carboxylic acids is 1. The van der Waals surface area contributed by atoms with Gasteiger partial charge in [-0.3, -0.25) is 15.2 Å². The number of amidine groups is 1. The summed E-state index contributed by atoms with van der Waals surface area (Å²) >= 11 is 0. The number of esters is 1. The first-order valence-corrected chi connectivity index (χ1v) is 12.1. The summed E-state index contributed by atoms with van der Waals surface area (Å²) in [5, 5.41) is 7.53. The highest BCUT2D eigenvalue weighted by Gasteiger charge is 2.35. The Hall–Kier alpha value is -3.11. The molecule has 2 aromatic rings. The Labute approximate surface area is 209 Å². The molecule has 2 aliphatic heterocycles. The van der Waals surface area contributed by atoms with E-state index in [4.69, 9.17) is 15.9 Å². The lowest BCUT2D eigenvalue weighted by Crippen LogP contribution is -2.54. The number of carbonyl (C=O) groups is 1. The maximum Gasteiger partial charge on any atom is 0.416 e. The number of benzene rings is 2. The van der Waals surface area contributed by atoms with Gasteiger partial charge in [0.1, 0.15) is 11.9 Å². The molecule has 7 nitrogen and oxygen atoms in total. The van der Waals surface area contributed by atoms with E-state index < -0.39 is 23.8 Å². The summed E-state index contributed by atoms with van der Waals surface area (Å²) < 4.78 is 43.9. The van der Waals surface area contributed by atoms with Gasteiger partial charge in [0.15, 0.2) is 0 Å². The Bertz CT molecular complexity index is 1040. The molecule has 36 heavy (non-hydrogen) atoms. The molecule has 2 aliphatic rings. The second-order valence-electron chi connectivity index (χ2n) is 9.30. The van der Waals surface area contributed by atoms with E-state index in [1.165, 1.54) is 19.2 Å². The van der Waals surface area contributed by atoms with E-state index in [2.05, 4.69) is 9.80 Å². The number of methoxy groups -OCH3 is 1. The van der Waals surface area contributed by atoms with E-state index in [9.17, 15) is 18.0 Å². The van der Waals surface area contributed by atoms with E-state index in [1.54, 1.807) is 0 Å². The molecule has 2 saturated heterocycles. The Balaban J connectivity index is 1.33. The van der Waals surface area contributed by atoms with Crippen molar-refractivity contribution in [3.8, 4) is 0 Å². The number of nitrogens with one attached hydrogen (secondary N) is 1. The number of nitrogens with zero attached hydrogens (tertiary/aromatic N) is 3. The average molecular weight is 504 g/mol. The molecule has 10 heteroatoms. The standard InChI is InChI=1S/C26H32F3N5O2/c1-36-25(35)23(18-2-6-20(7-3-18)26(27,28)29)34-12-10-22(11-13-34)33-16-14-32(15-17-33)21-8-4-19(5-9-21)24(30)31/h2-9,22-23H,10-17H2,1H3,(H3,30,31). The topological polar surface area (TPSA) is 85.9 Å². The van der Waals surface area contributed by atoms with Gasteiger partial charge in [0.05, 0.1) is 12.7 Å². The second-order valence-corrected chi connectivity index (χ2v) is 9.30. The van der Waals surface area contributed by atoms with Gasteiger partial charge in [-0.05, 0) is 54.8 Å². The van der Waals surface area contributed by atoms with Crippen LogP contribution in [0.1, 0.15) is 35.6 Å². The second kappa shape index (κ2) is 10.9. The zero-order valence-corrected chi connectivity index (χ0v) is 20.3. The normalized spacial score (nSPS) is 19.2. The molecule has 3 N–H and O–H groups in total. The number of hydrogen-bond donors (Lipinski definition) is 2. The van der Waals surface area contributed by atoms with Gasteiger partial charge in [-0.1, -0.05) is 12.1 Å². The first-order valence-electron chi connectivity index (χ1n) is 12.1. The summed E-state index contributed by atoms with van der Waals surface area (Å²) in [6.07, 6.45) is -2.66. The van der Waals surface area contributed by atoms with Crippen LogP contribution in [-0.2, 0) is 15.7 Å². The summed E-state index contributed by atoms with van der Waals surface area (Å²) in [6.45, 7) is 4.99. The smallest absolute Gasteiger partial charge is 0.416 e. The lowest BCUT2D eigenvalue weighted by atomic mass is 9.97. The van der Waals surface area contributed by atoms with Crippen molar-refractivity contribution in [3.63, 3.8) is 0 Å². The van der Waals surface area contributed by atoms with E-state index in [0.717, 1.165) is 56.8 Å². The third-order valence-electron chi connectivity index (χ3n) is 7.22. The lowest BCUT2D eigenvalue weighted by Gasteiger charge is -2.44. The fraction of sp³-hybridized carbons (Fsp3) is 0.462.